The number of carbonyl (C=O) groups excluding carboxylic acids is 1. The third kappa shape index (κ3) is 1.42. The Hall–Kier alpha value is -2.59. The minimum absolute atomic E-state index is 0.0681. The summed E-state index contributed by atoms with van der Waals surface area (Å²) in [6, 6.07) is 11.9. The third-order valence-electron chi connectivity index (χ3n) is 4.21. The summed E-state index contributed by atoms with van der Waals surface area (Å²) in [4.78, 5) is 11.2. The summed E-state index contributed by atoms with van der Waals surface area (Å²) in [6.07, 6.45) is 1.99. The molecule has 0 aromatic heterocycles. The second kappa shape index (κ2) is 4.21. The van der Waals surface area contributed by atoms with Crippen molar-refractivity contribution in [3.63, 3.8) is 0 Å². The molecule has 0 radical (unpaired) electrons. The van der Waals surface area contributed by atoms with Gasteiger partial charge in [-0.1, -0.05) is 30.3 Å². The Morgan fingerprint density at radius 1 is 1.40 bits per heavy atom. The predicted molar refractivity (Wildman–Crippen MR) is 71.0 cm³/mol. The molecule has 0 heterocycles. The van der Waals surface area contributed by atoms with E-state index in [9.17, 15) is 15.3 Å². The molecule has 1 aromatic rings. The average Bonchev–Trinajstić information content (AvgIpc) is 2.43. The van der Waals surface area contributed by atoms with Gasteiger partial charge in [0, 0.05) is 12.8 Å². The molecule has 1 saturated carbocycles. The van der Waals surface area contributed by atoms with Gasteiger partial charge in [0.1, 0.15) is 11.5 Å². The van der Waals surface area contributed by atoms with Crippen molar-refractivity contribution in [2.24, 2.45) is 5.92 Å². The number of nitriles is 2. The van der Waals surface area contributed by atoms with Gasteiger partial charge in [0.2, 0.25) is 0 Å². The van der Waals surface area contributed by atoms with Crippen LogP contribution in [0.25, 0.3) is 5.57 Å². The van der Waals surface area contributed by atoms with Crippen LogP contribution in [-0.2, 0) is 14.9 Å². The van der Waals surface area contributed by atoms with E-state index in [4.69, 9.17) is 4.74 Å². The van der Waals surface area contributed by atoms with Crippen molar-refractivity contribution in [1.29, 1.82) is 10.5 Å². The second-order valence-corrected chi connectivity index (χ2v) is 5.16. The normalized spacial score (nSPS) is 29.6. The van der Waals surface area contributed by atoms with Gasteiger partial charge in [0.25, 0.3) is 0 Å². The van der Waals surface area contributed by atoms with Crippen molar-refractivity contribution in [2.45, 2.75) is 24.9 Å². The maximum Gasteiger partial charge on any atom is 0.302 e. The molecule has 4 nitrogen and oxygen atoms in total. The molecule has 1 aromatic carbocycles. The molecule has 3 atom stereocenters. The van der Waals surface area contributed by atoms with Gasteiger partial charge in [-0.2, -0.15) is 10.5 Å². The van der Waals surface area contributed by atoms with E-state index >= 15 is 0 Å². The second-order valence-electron chi connectivity index (χ2n) is 5.16. The molecule has 0 saturated heterocycles. The van der Waals surface area contributed by atoms with Crippen LogP contribution in [0.3, 0.4) is 0 Å². The molecular formula is C16H12N2O2. The lowest BCUT2D eigenvalue weighted by Gasteiger charge is -2.52. The fourth-order valence-electron chi connectivity index (χ4n) is 3.28. The van der Waals surface area contributed by atoms with Crippen LogP contribution >= 0.6 is 0 Å². The number of hydrogen-bond donors (Lipinski definition) is 0. The Labute approximate surface area is 116 Å². The highest BCUT2D eigenvalue weighted by Gasteiger charge is 2.60. The van der Waals surface area contributed by atoms with Gasteiger partial charge in [-0.25, -0.2) is 0 Å². The molecule has 3 rings (SSSR count). The fourth-order valence-corrected chi connectivity index (χ4v) is 3.28. The highest BCUT2D eigenvalue weighted by atomic mass is 16.5. The van der Waals surface area contributed by atoms with Crippen LogP contribution < -0.4 is 0 Å². The molecule has 0 bridgehead atoms. The van der Waals surface area contributed by atoms with Crippen LogP contribution in [0.4, 0.5) is 0 Å². The monoisotopic (exact) mass is 264 g/mol. The summed E-state index contributed by atoms with van der Waals surface area (Å²) in [5, 5.41) is 19.0. The Balaban J connectivity index is 2.16. The molecule has 20 heavy (non-hydrogen) atoms. The first kappa shape index (κ1) is 12.4. The number of benzene rings is 1. The zero-order chi connectivity index (χ0) is 14.3. The molecule has 98 valence electrons. The van der Waals surface area contributed by atoms with Gasteiger partial charge in [-0.3, -0.25) is 4.79 Å². The molecule has 0 spiro atoms. The largest absolute Gasteiger partial charge is 0.460 e. The molecule has 4 heteroatoms. The third-order valence-corrected chi connectivity index (χ3v) is 4.21. The molecule has 2 aliphatic rings. The molecule has 0 unspecified atom stereocenters. The zero-order valence-corrected chi connectivity index (χ0v) is 11.0. The Morgan fingerprint density at radius 3 is 2.80 bits per heavy atom. The maximum absolute atomic E-state index is 11.2. The van der Waals surface area contributed by atoms with Crippen molar-refractivity contribution < 1.29 is 9.53 Å². The Bertz CT molecular complexity index is 708. The summed E-state index contributed by atoms with van der Waals surface area (Å²) < 4.78 is 5.30. The van der Waals surface area contributed by atoms with Crippen molar-refractivity contribution in [3.05, 3.63) is 41.5 Å². The molecule has 0 N–H and O–H groups in total. The minimum Gasteiger partial charge on any atom is -0.460 e. The SMILES string of the molecule is CC(=O)O[C@H]1C[C@H]2C=C(C#N)c3ccccc3[C@]21C#N. The van der Waals surface area contributed by atoms with Gasteiger partial charge >= 0.3 is 5.97 Å². The van der Waals surface area contributed by atoms with Gasteiger partial charge in [-0.15, -0.1) is 0 Å². The first-order valence-electron chi connectivity index (χ1n) is 6.43. The van der Waals surface area contributed by atoms with E-state index in [-0.39, 0.29) is 11.9 Å². The number of carbonyl (C=O) groups is 1. The average molecular weight is 264 g/mol. The number of hydrogen-bond acceptors (Lipinski definition) is 4. The van der Waals surface area contributed by atoms with Crippen LogP contribution in [0.1, 0.15) is 24.5 Å². The number of esters is 1. The minimum atomic E-state index is -0.845. The summed E-state index contributed by atoms with van der Waals surface area (Å²) in [5.74, 6) is -0.447. The lowest BCUT2D eigenvalue weighted by Crippen LogP contribution is -2.58. The lowest BCUT2D eigenvalue weighted by atomic mass is 9.52. The lowest BCUT2D eigenvalue weighted by molar-refractivity contribution is -0.158. The van der Waals surface area contributed by atoms with E-state index in [0.29, 0.717) is 12.0 Å². The quantitative estimate of drug-likeness (QED) is 0.729. The zero-order valence-electron chi connectivity index (χ0n) is 11.0. The fraction of sp³-hybridized carbons (Fsp3) is 0.312. The van der Waals surface area contributed by atoms with Gasteiger partial charge in [0.05, 0.1) is 17.7 Å². The number of ether oxygens (including phenoxy) is 1. The molecular weight excluding hydrogens is 252 g/mol. The van der Waals surface area contributed by atoms with E-state index in [1.807, 2.05) is 30.3 Å². The standard InChI is InChI=1S/C16H12N2O2/c1-10(19)20-15-7-12-6-11(8-17)13-4-2-3-5-14(13)16(12,15)9-18/h2-6,12,15H,7H2,1H3/t12-,15+,16+/m1/s1. The van der Waals surface area contributed by atoms with Crippen LogP contribution in [0, 0.1) is 28.6 Å². The van der Waals surface area contributed by atoms with E-state index in [2.05, 4.69) is 12.1 Å². The summed E-state index contributed by atoms with van der Waals surface area (Å²) >= 11 is 0. The summed E-state index contributed by atoms with van der Waals surface area (Å²) in [7, 11) is 0. The van der Waals surface area contributed by atoms with E-state index < -0.39 is 11.5 Å². The van der Waals surface area contributed by atoms with Crippen LogP contribution in [-0.4, -0.2) is 12.1 Å². The highest BCUT2D eigenvalue weighted by Crippen LogP contribution is 2.55. The number of fused-ring (bicyclic) bond motifs is 3. The van der Waals surface area contributed by atoms with Crippen molar-refractivity contribution in [1.82, 2.24) is 0 Å². The van der Waals surface area contributed by atoms with Crippen molar-refractivity contribution in [3.8, 4) is 12.1 Å². The topological polar surface area (TPSA) is 73.9 Å². The molecule has 2 aliphatic carbocycles. The van der Waals surface area contributed by atoms with E-state index in [1.54, 1.807) is 0 Å². The highest BCUT2D eigenvalue weighted by molar-refractivity contribution is 5.83. The number of rotatable bonds is 1. The van der Waals surface area contributed by atoms with Gasteiger partial charge < -0.3 is 4.74 Å². The van der Waals surface area contributed by atoms with E-state index in [0.717, 1.165) is 11.1 Å². The van der Waals surface area contributed by atoms with E-state index in [1.165, 1.54) is 6.92 Å². The summed E-state index contributed by atoms with van der Waals surface area (Å²) in [6.45, 7) is 1.35. The first-order valence-corrected chi connectivity index (χ1v) is 6.43. The van der Waals surface area contributed by atoms with Crippen molar-refractivity contribution >= 4 is 11.5 Å². The van der Waals surface area contributed by atoms with Crippen LogP contribution in [0.15, 0.2) is 30.3 Å². The molecule has 0 aliphatic heterocycles. The number of allylic oxidation sites excluding steroid dienone is 2. The smallest absolute Gasteiger partial charge is 0.302 e. The molecule has 0 amide bonds. The van der Waals surface area contributed by atoms with Crippen LogP contribution in [0.2, 0.25) is 0 Å². The summed E-state index contributed by atoms with van der Waals surface area (Å²) in [5.41, 5.74) is 1.31. The maximum atomic E-state index is 11.2. The first-order chi connectivity index (χ1) is 9.63. The van der Waals surface area contributed by atoms with Gasteiger partial charge in [0.15, 0.2) is 0 Å². The van der Waals surface area contributed by atoms with Gasteiger partial charge in [-0.05, 0) is 17.5 Å². The predicted octanol–water partition coefficient (Wildman–Crippen LogP) is 2.32. The van der Waals surface area contributed by atoms with Crippen molar-refractivity contribution in [2.75, 3.05) is 0 Å². The Kier molecular flexibility index (Phi) is 2.62. The van der Waals surface area contributed by atoms with Crippen LogP contribution in [0.5, 0.6) is 0 Å². The Morgan fingerprint density at radius 2 is 2.15 bits per heavy atom. The molecule has 1 fully saturated rings. The number of nitrogens with zero attached hydrogens (tertiary/aromatic N) is 2.